The Labute approximate surface area is 163 Å². The van der Waals surface area contributed by atoms with Crippen molar-refractivity contribution in [2.75, 3.05) is 0 Å². The minimum Gasteiger partial charge on any atom is -0.386 e. The monoisotopic (exact) mass is 373 g/mol. The van der Waals surface area contributed by atoms with E-state index < -0.39 is 11.9 Å². The maximum absolute atomic E-state index is 12.8. The van der Waals surface area contributed by atoms with Gasteiger partial charge in [0, 0.05) is 11.9 Å². The summed E-state index contributed by atoms with van der Waals surface area (Å²) in [5, 5.41) is 1.11. The smallest absolute Gasteiger partial charge is 0.348 e. The molecule has 0 atom stereocenters. The first-order valence-electron chi connectivity index (χ1n) is 10.4. The van der Waals surface area contributed by atoms with Gasteiger partial charge in [0.25, 0.3) is 0 Å². The van der Waals surface area contributed by atoms with E-state index in [1.165, 1.54) is 37.7 Å². The Morgan fingerprint density at radius 1 is 0.929 bits per heavy atom. The van der Waals surface area contributed by atoms with E-state index in [9.17, 15) is 9.59 Å². The van der Waals surface area contributed by atoms with E-state index >= 15 is 0 Å². The van der Waals surface area contributed by atoms with Crippen LogP contribution in [-0.4, -0.2) is 16.5 Å². The van der Waals surface area contributed by atoms with E-state index in [-0.39, 0.29) is 0 Å². The number of hydrogen-bond acceptors (Lipinski definition) is 3. The van der Waals surface area contributed by atoms with Crippen molar-refractivity contribution in [1.82, 2.24) is 4.57 Å². The zero-order valence-electron chi connectivity index (χ0n) is 16.0. The van der Waals surface area contributed by atoms with Gasteiger partial charge in [0.1, 0.15) is 0 Å². The highest BCUT2D eigenvalue weighted by Gasteiger charge is 2.50. The van der Waals surface area contributed by atoms with Crippen LogP contribution in [0.4, 0.5) is 0 Å². The summed E-state index contributed by atoms with van der Waals surface area (Å²) in [6.45, 7) is 1.93. The molecule has 2 heterocycles. The first-order chi connectivity index (χ1) is 13.6. The second kappa shape index (κ2) is 5.69. The van der Waals surface area contributed by atoms with Gasteiger partial charge in [-0.15, -0.1) is 0 Å². The number of benzene rings is 1. The molecule has 0 amide bonds. The summed E-state index contributed by atoms with van der Waals surface area (Å²) < 4.78 is 7.18. The molecule has 4 bridgehead atoms. The first kappa shape index (κ1) is 16.3. The molecule has 1 aromatic carbocycles. The molecule has 142 valence electrons. The van der Waals surface area contributed by atoms with E-state index in [0.717, 1.165) is 28.4 Å². The van der Waals surface area contributed by atoms with Crippen LogP contribution in [0.5, 0.6) is 0 Å². The Morgan fingerprint density at radius 2 is 1.61 bits per heavy atom. The lowest BCUT2D eigenvalue weighted by Gasteiger charge is -2.51. The Hall–Kier alpha value is -2.62. The standard InChI is InChI=1S/C24H23NO3/c1-13(25-7-6-16-4-2-3-5-19(16)25)20-22(24(27)28-23(20)26)21-17-9-14-8-15(11-17)12-18(21)10-14/h2-7,14-15,17-18H,8-12H2,1H3/b20-13-,22-21?. The minimum atomic E-state index is -0.489. The van der Waals surface area contributed by atoms with E-state index in [1.54, 1.807) is 0 Å². The van der Waals surface area contributed by atoms with Gasteiger partial charge in [-0.25, -0.2) is 9.59 Å². The van der Waals surface area contributed by atoms with Crippen LogP contribution in [0.15, 0.2) is 53.2 Å². The number of fused-ring (bicyclic) bond motifs is 1. The number of ether oxygens (including phenoxy) is 1. The predicted octanol–water partition coefficient (Wildman–Crippen LogP) is 4.71. The van der Waals surface area contributed by atoms with Gasteiger partial charge in [-0.05, 0) is 85.8 Å². The van der Waals surface area contributed by atoms with Crippen molar-refractivity contribution in [3.05, 3.63) is 53.2 Å². The van der Waals surface area contributed by atoms with E-state index in [1.807, 2.05) is 42.0 Å². The molecule has 0 unspecified atom stereocenters. The van der Waals surface area contributed by atoms with Crippen molar-refractivity contribution in [2.24, 2.45) is 23.7 Å². The molecule has 4 saturated carbocycles. The lowest BCUT2D eigenvalue weighted by atomic mass is 9.53. The fraction of sp³-hybridized carbons (Fsp3) is 0.417. The van der Waals surface area contributed by atoms with Crippen LogP contribution < -0.4 is 0 Å². The van der Waals surface area contributed by atoms with Crippen LogP contribution >= 0.6 is 0 Å². The zero-order chi connectivity index (χ0) is 19.0. The van der Waals surface area contributed by atoms with Crippen molar-refractivity contribution in [3.63, 3.8) is 0 Å². The van der Waals surface area contributed by atoms with Crippen LogP contribution in [-0.2, 0) is 14.3 Å². The highest BCUT2D eigenvalue weighted by atomic mass is 16.6. The van der Waals surface area contributed by atoms with Crippen LogP contribution in [0.1, 0.15) is 39.0 Å². The average Bonchev–Trinajstić information content (AvgIpc) is 3.21. The van der Waals surface area contributed by atoms with Crippen molar-refractivity contribution in [3.8, 4) is 0 Å². The summed E-state index contributed by atoms with van der Waals surface area (Å²) in [5.41, 5.74) is 4.12. The maximum Gasteiger partial charge on any atom is 0.348 e. The summed E-state index contributed by atoms with van der Waals surface area (Å²) in [6, 6.07) is 10.1. The predicted molar refractivity (Wildman–Crippen MR) is 106 cm³/mol. The molecule has 28 heavy (non-hydrogen) atoms. The molecule has 4 aliphatic carbocycles. The molecular weight excluding hydrogens is 350 g/mol. The lowest BCUT2D eigenvalue weighted by molar-refractivity contribution is -0.149. The Morgan fingerprint density at radius 3 is 2.32 bits per heavy atom. The third kappa shape index (κ3) is 2.17. The van der Waals surface area contributed by atoms with Gasteiger partial charge in [-0.1, -0.05) is 18.2 Å². The largest absolute Gasteiger partial charge is 0.386 e. The summed E-state index contributed by atoms with van der Waals surface area (Å²) >= 11 is 0. The number of carbonyl (C=O) groups is 2. The molecule has 0 spiro atoms. The average molecular weight is 373 g/mol. The van der Waals surface area contributed by atoms with Gasteiger partial charge in [-0.2, -0.15) is 0 Å². The normalized spacial score (nSPS) is 33.2. The van der Waals surface area contributed by atoms with Crippen molar-refractivity contribution < 1.29 is 14.3 Å². The molecule has 1 aromatic heterocycles. The van der Waals surface area contributed by atoms with Gasteiger partial charge in [0.15, 0.2) is 0 Å². The number of allylic oxidation sites excluding steroid dienone is 2. The van der Waals surface area contributed by atoms with Gasteiger partial charge >= 0.3 is 11.9 Å². The minimum absolute atomic E-state index is 0.432. The van der Waals surface area contributed by atoms with Gasteiger partial charge in [0.2, 0.25) is 0 Å². The topological polar surface area (TPSA) is 48.3 Å². The molecular formula is C24H23NO3. The summed E-state index contributed by atoms with van der Waals surface area (Å²) in [6.07, 6.45) is 8.02. The maximum atomic E-state index is 12.8. The van der Waals surface area contributed by atoms with Crippen LogP contribution in [0, 0.1) is 23.7 Å². The Kier molecular flexibility index (Phi) is 3.32. The molecule has 0 N–H and O–H groups in total. The summed E-state index contributed by atoms with van der Waals surface area (Å²) in [5.74, 6) is 1.60. The zero-order valence-corrected chi connectivity index (χ0v) is 16.0. The van der Waals surface area contributed by atoms with Gasteiger partial charge in [-0.3, -0.25) is 0 Å². The van der Waals surface area contributed by atoms with Crippen molar-refractivity contribution in [1.29, 1.82) is 0 Å². The van der Waals surface area contributed by atoms with Crippen LogP contribution in [0.25, 0.3) is 16.6 Å². The molecule has 7 rings (SSSR count). The molecule has 4 heteroatoms. The van der Waals surface area contributed by atoms with Gasteiger partial charge in [0.05, 0.1) is 16.7 Å². The fourth-order valence-corrected chi connectivity index (χ4v) is 6.58. The van der Waals surface area contributed by atoms with Crippen LogP contribution in [0.3, 0.4) is 0 Å². The number of para-hydroxylation sites is 1. The highest BCUT2D eigenvalue weighted by Crippen LogP contribution is 2.58. The molecule has 4 nitrogen and oxygen atoms in total. The number of esters is 2. The lowest BCUT2D eigenvalue weighted by Crippen LogP contribution is -2.41. The number of rotatable bonds is 1. The van der Waals surface area contributed by atoms with Crippen LogP contribution in [0.2, 0.25) is 0 Å². The molecule has 0 radical (unpaired) electrons. The third-order valence-corrected chi connectivity index (χ3v) is 7.47. The molecule has 5 aliphatic rings. The quantitative estimate of drug-likeness (QED) is 0.413. The SMILES string of the molecule is C/C(=C1/C(=O)OC(=O)C1=C1C2CC3CC(C2)CC1C3)n1ccc2ccccc21. The van der Waals surface area contributed by atoms with E-state index in [2.05, 4.69) is 6.07 Å². The Bertz CT molecular complexity index is 1070. The summed E-state index contributed by atoms with van der Waals surface area (Å²) in [7, 11) is 0. The van der Waals surface area contributed by atoms with E-state index in [0.29, 0.717) is 23.0 Å². The molecule has 1 aliphatic heterocycles. The van der Waals surface area contributed by atoms with Gasteiger partial charge < -0.3 is 9.30 Å². The number of hydrogen-bond donors (Lipinski definition) is 0. The second-order valence-corrected chi connectivity index (χ2v) is 9.02. The number of nitrogens with zero attached hydrogens (tertiary/aromatic N) is 1. The van der Waals surface area contributed by atoms with E-state index in [4.69, 9.17) is 4.74 Å². The molecule has 5 fully saturated rings. The molecule has 1 saturated heterocycles. The fourth-order valence-electron chi connectivity index (χ4n) is 6.58. The Balaban J connectivity index is 1.56. The first-order valence-corrected chi connectivity index (χ1v) is 10.4. The number of carbonyl (C=O) groups excluding carboxylic acids is 2. The van der Waals surface area contributed by atoms with Crippen molar-refractivity contribution in [2.45, 2.75) is 39.0 Å². The number of aromatic nitrogens is 1. The highest BCUT2D eigenvalue weighted by molar-refractivity contribution is 6.21. The number of cyclic esters (lactones) is 2. The second-order valence-electron chi connectivity index (χ2n) is 9.02. The summed E-state index contributed by atoms with van der Waals surface area (Å²) in [4.78, 5) is 25.6. The van der Waals surface area contributed by atoms with Crippen molar-refractivity contribution >= 4 is 28.5 Å². The third-order valence-electron chi connectivity index (χ3n) is 7.47. The molecule has 2 aromatic rings.